The highest BCUT2D eigenvalue weighted by Crippen LogP contribution is 2.19. The molecule has 21 heavy (non-hydrogen) atoms. The van der Waals surface area contributed by atoms with Crippen molar-refractivity contribution in [2.75, 3.05) is 26.2 Å². The summed E-state index contributed by atoms with van der Waals surface area (Å²) in [6, 6.07) is 11.7. The van der Waals surface area contributed by atoms with Crippen LogP contribution in [0.1, 0.15) is 32.8 Å². The van der Waals surface area contributed by atoms with Crippen molar-refractivity contribution < 1.29 is 0 Å². The van der Waals surface area contributed by atoms with Gasteiger partial charge in [-0.25, -0.2) is 0 Å². The summed E-state index contributed by atoms with van der Waals surface area (Å²) < 4.78 is 0. The van der Waals surface area contributed by atoms with E-state index in [0.717, 1.165) is 39.1 Å². The van der Waals surface area contributed by atoms with E-state index in [1.807, 2.05) is 0 Å². The first-order valence-electron chi connectivity index (χ1n) is 8.36. The van der Waals surface area contributed by atoms with E-state index in [1.54, 1.807) is 0 Å². The summed E-state index contributed by atoms with van der Waals surface area (Å²) in [5.74, 6) is 0.588. The molecule has 1 fully saturated rings. The number of nitrogens with zero attached hydrogens (tertiary/aromatic N) is 2. The van der Waals surface area contributed by atoms with Crippen LogP contribution in [0.2, 0.25) is 0 Å². The summed E-state index contributed by atoms with van der Waals surface area (Å²) in [4.78, 5) is 5.11. The van der Waals surface area contributed by atoms with Crippen LogP contribution < -0.4 is 5.73 Å². The third kappa shape index (κ3) is 4.80. The Hall–Kier alpha value is -0.900. The van der Waals surface area contributed by atoms with Crippen LogP contribution in [0.3, 0.4) is 0 Å². The molecule has 0 aromatic heterocycles. The molecule has 0 radical (unpaired) electrons. The zero-order valence-electron chi connectivity index (χ0n) is 13.8. The fraction of sp³-hybridized carbons (Fsp3) is 0.667. The summed E-state index contributed by atoms with van der Waals surface area (Å²) in [5.41, 5.74) is 7.78. The molecular weight excluding hydrogens is 258 g/mol. The van der Waals surface area contributed by atoms with Gasteiger partial charge < -0.3 is 10.6 Å². The van der Waals surface area contributed by atoms with Crippen molar-refractivity contribution in [3.8, 4) is 0 Å². The lowest BCUT2D eigenvalue weighted by atomic mass is 9.91. The number of hydrogen-bond acceptors (Lipinski definition) is 3. The van der Waals surface area contributed by atoms with Crippen molar-refractivity contribution in [3.05, 3.63) is 35.9 Å². The minimum absolute atomic E-state index is 0.352. The van der Waals surface area contributed by atoms with Crippen LogP contribution in [-0.4, -0.2) is 48.1 Å². The van der Waals surface area contributed by atoms with Crippen LogP contribution >= 0.6 is 0 Å². The predicted octanol–water partition coefficient (Wildman–Crippen LogP) is 2.57. The SMILES string of the molecule is CCN1CCC(N)C(CN(Cc2ccccc2)C(C)C)C1. The number of likely N-dealkylation sites (tertiary alicyclic amines) is 1. The van der Waals surface area contributed by atoms with E-state index in [1.165, 1.54) is 5.56 Å². The molecule has 0 amide bonds. The Morgan fingerprint density at radius 2 is 2.00 bits per heavy atom. The Labute approximate surface area is 130 Å². The molecular formula is C18H31N3. The van der Waals surface area contributed by atoms with Gasteiger partial charge in [-0.2, -0.15) is 0 Å². The first-order valence-corrected chi connectivity index (χ1v) is 8.36. The first kappa shape index (κ1) is 16.5. The lowest BCUT2D eigenvalue weighted by Crippen LogP contribution is -2.51. The summed E-state index contributed by atoms with van der Waals surface area (Å²) in [7, 11) is 0. The topological polar surface area (TPSA) is 32.5 Å². The molecule has 0 bridgehead atoms. The Morgan fingerprint density at radius 1 is 1.29 bits per heavy atom. The Balaban J connectivity index is 1.98. The lowest BCUT2D eigenvalue weighted by Gasteiger charge is -2.40. The molecule has 2 atom stereocenters. The van der Waals surface area contributed by atoms with Crippen molar-refractivity contribution >= 4 is 0 Å². The lowest BCUT2D eigenvalue weighted by molar-refractivity contribution is 0.102. The highest BCUT2D eigenvalue weighted by atomic mass is 15.2. The monoisotopic (exact) mass is 289 g/mol. The van der Waals surface area contributed by atoms with Gasteiger partial charge in [0.2, 0.25) is 0 Å². The maximum atomic E-state index is 6.38. The summed E-state index contributed by atoms with van der Waals surface area (Å²) in [5, 5.41) is 0. The molecule has 1 aliphatic rings. The zero-order valence-corrected chi connectivity index (χ0v) is 13.8. The number of benzene rings is 1. The second kappa shape index (κ2) is 7.92. The number of hydrogen-bond donors (Lipinski definition) is 1. The zero-order chi connectivity index (χ0) is 15.2. The van der Waals surface area contributed by atoms with E-state index in [4.69, 9.17) is 5.73 Å². The fourth-order valence-electron chi connectivity index (χ4n) is 3.18. The highest BCUT2D eigenvalue weighted by Gasteiger charge is 2.28. The van der Waals surface area contributed by atoms with Gasteiger partial charge in [-0.15, -0.1) is 0 Å². The van der Waals surface area contributed by atoms with Crippen LogP contribution in [0, 0.1) is 5.92 Å². The maximum Gasteiger partial charge on any atom is 0.0236 e. The van der Waals surface area contributed by atoms with E-state index in [-0.39, 0.29) is 0 Å². The van der Waals surface area contributed by atoms with Crippen LogP contribution in [0.25, 0.3) is 0 Å². The third-order valence-electron chi connectivity index (χ3n) is 4.75. The predicted molar refractivity (Wildman–Crippen MR) is 90.2 cm³/mol. The van der Waals surface area contributed by atoms with Crippen LogP contribution in [0.15, 0.2) is 30.3 Å². The van der Waals surface area contributed by atoms with Crippen LogP contribution in [-0.2, 0) is 6.54 Å². The molecule has 0 aliphatic carbocycles. The summed E-state index contributed by atoms with van der Waals surface area (Å²) in [6.07, 6.45) is 1.13. The summed E-state index contributed by atoms with van der Waals surface area (Å²) in [6.45, 7) is 12.4. The molecule has 1 saturated heterocycles. The molecule has 3 heteroatoms. The standard InChI is InChI=1S/C18H31N3/c1-4-20-11-10-18(19)17(13-20)14-21(15(2)3)12-16-8-6-5-7-9-16/h5-9,15,17-18H,4,10-14,19H2,1-3H3. The van der Waals surface area contributed by atoms with E-state index < -0.39 is 0 Å². The molecule has 0 spiro atoms. The second-order valence-electron chi connectivity index (χ2n) is 6.61. The van der Waals surface area contributed by atoms with Gasteiger partial charge in [0.05, 0.1) is 0 Å². The molecule has 1 aliphatic heterocycles. The minimum atomic E-state index is 0.352. The normalized spacial score (nSPS) is 23.9. The van der Waals surface area contributed by atoms with Gasteiger partial charge in [0.15, 0.2) is 0 Å². The Morgan fingerprint density at radius 3 is 2.62 bits per heavy atom. The van der Waals surface area contributed by atoms with Crippen LogP contribution in [0.5, 0.6) is 0 Å². The average molecular weight is 289 g/mol. The van der Waals surface area contributed by atoms with E-state index in [9.17, 15) is 0 Å². The van der Waals surface area contributed by atoms with Gasteiger partial charge in [-0.1, -0.05) is 37.3 Å². The Kier molecular flexibility index (Phi) is 6.22. The van der Waals surface area contributed by atoms with Gasteiger partial charge in [0.1, 0.15) is 0 Å². The molecule has 3 nitrogen and oxygen atoms in total. The fourth-order valence-corrected chi connectivity index (χ4v) is 3.18. The van der Waals surface area contributed by atoms with Gasteiger partial charge in [0, 0.05) is 31.7 Å². The molecule has 2 rings (SSSR count). The first-order chi connectivity index (χ1) is 10.1. The van der Waals surface area contributed by atoms with Crippen molar-refractivity contribution in [1.29, 1.82) is 0 Å². The molecule has 1 heterocycles. The molecule has 1 aromatic rings. The van der Waals surface area contributed by atoms with Gasteiger partial charge >= 0.3 is 0 Å². The maximum absolute atomic E-state index is 6.38. The van der Waals surface area contributed by atoms with Crippen molar-refractivity contribution in [2.45, 2.75) is 45.8 Å². The van der Waals surface area contributed by atoms with Crippen molar-refractivity contribution in [2.24, 2.45) is 11.7 Å². The second-order valence-corrected chi connectivity index (χ2v) is 6.61. The van der Waals surface area contributed by atoms with Gasteiger partial charge in [0.25, 0.3) is 0 Å². The van der Waals surface area contributed by atoms with Crippen molar-refractivity contribution in [3.63, 3.8) is 0 Å². The van der Waals surface area contributed by atoms with E-state index in [2.05, 4.69) is 60.9 Å². The molecule has 0 saturated carbocycles. The Bertz CT molecular complexity index is 404. The van der Waals surface area contributed by atoms with Gasteiger partial charge in [-0.3, -0.25) is 4.90 Å². The molecule has 1 aromatic carbocycles. The largest absolute Gasteiger partial charge is 0.327 e. The number of nitrogens with two attached hydrogens (primary N) is 1. The minimum Gasteiger partial charge on any atom is -0.327 e. The van der Waals surface area contributed by atoms with E-state index in [0.29, 0.717) is 18.0 Å². The quantitative estimate of drug-likeness (QED) is 0.873. The molecule has 2 unspecified atom stereocenters. The molecule has 2 N–H and O–H groups in total. The van der Waals surface area contributed by atoms with Gasteiger partial charge in [-0.05, 0) is 44.8 Å². The van der Waals surface area contributed by atoms with Crippen molar-refractivity contribution in [1.82, 2.24) is 9.80 Å². The summed E-state index contributed by atoms with van der Waals surface area (Å²) >= 11 is 0. The average Bonchev–Trinajstić information content (AvgIpc) is 2.49. The van der Waals surface area contributed by atoms with E-state index >= 15 is 0 Å². The smallest absolute Gasteiger partial charge is 0.0236 e. The highest BCUT2D eigenvalue weighted by molar-refractivity contribution is 5.14. The molecule has 118 valence electrons. The number of piperidine rings is 1. The third-order valence-corrected chi connectivity index (χ3v) is 4.75. The van der Waals surface area contributed by atoms with Crippen LogP contribution in [0.4, 0.5) is 0 Å². The number of rotatable bonds is 6.